The van der Waals surface area contributed by atoms with Crippen LogP contribution in [0.2, 0.25) is 0 Å². The number of carbonyl (C=O) groups excluding carboxylic acids is 1. The van der Waals surface area contributed by atoms with Gasteiger partial charge in [0.2, 0.25) is 0 Å². The number of hydrogen-bond acceptors (Lipinski definition) is 7. The Morgan fingerprint density at radius 1 is 1.27 bits per heavy atom. The highest BCUT2D eigenvalue weighted by Crippen LogP contribution is 2.68. The maximum absolute atomic E-state index is 11.9. The maximum Gasteiger partial charge on any atom is 0.334 e. The molecule has 7 nitrogen and oxygen atoms in total. The molecule has 2 aliphatic heterocycles. The quantitative estimate of drug-likeness (QED) is 0.243. The molecule has 2 saturated heterocycles. The zero-order chi connectivity index (χ0) is 16.2. The Bertz CT molecular complexity index is 582. The molecular formula is C15H20O7. The Hall–Kier alpha value is -0.990. The van der Waals surface area contributed by atoms with Gasteiger partial charge in [0, 0.05) is 12.0 Å². The number of fused-ring (bicyclic) bond motifs is 2. The molecule has 0 aromatic heterocycles. The summed E-state index contributed by atoms with van der Waals surface area (Å²) in [6, 6.07) is 0. The maximum atomic E-state index is 11.9. The molecule has 9 atom stereocenters. The van der Waals surface area contributed by atoms with E-state index < -0.39 is 59.0 Å². The molecule has 4 N–H and O–H groups in total. The van der Waals surface area contributed by atoms with Gasteiger partial charge in [0.1, 0.15) is 23.9 Å². The second-order valence-corrected chi connectivity index (χ2v) is 7.45. The molecule has 0 bridgehead atoms. The number of rotatable bonds is 0. The van der Waals surface area contributed by atoms with Crippen LogP contribution in [0.5, 0.6) is 0 Å². The highest BCUT2D eigenvalue weighted by Gasteiger charge is 2.86. The average Bonchev–Trinajstić information content (AvgIpc) is 3.02. The van der Waals surface area contributed by atoms with Crippen molar-refractivity contribution in [2.45, 2.75) is 61.5 Å². The minimum Gasteiger partial charge on any atom is -0.458 e. The van der Waals surface area contributed by atoms with Gasteiger partial charge in [0.25, 0.3) is 0 Å². The Balaban J connectivity index is 1.90. The van der Waals surface area contributed by atoms with Crippen LogP contribution in [-0.2, 0) is 14.3 Å². The first-order valence-corrected chi connectivity index (χ1v) is 7.44. The van der Waals surface area contributed by atoms with Gasteiger partial charge < -0.3 is 29.9 Å². The third-order valence-electron chi connectivity index (χ3n) is 6.12. The monoisotopic (exact) mass is 312 g/mol. The SMILES string of the molecule is C=C1C(=O)O[C@H]2[C@H]1[C@H](O)C[C@@](C)(O)[C@@]13O[C@@H]1[C@H](O)[C@@](C)(O)[C@@H]23. The van der Waals surface area contributed by atoms with Crippen molar-refractivity contribution in [2.24, 2.45) is 11.8 Å². The molecular weight excluding hydrogens is 292 g/mol. The van der Waals surface area contributed by atoms with Crippen LogP contribution >= 0.6 is 0 Å². The molecule has 4 aliphatic rings. The first-order chi connectivity index (χ1) is 10.1. The Morgan fingerprint density at radius 3 is 2.55 bits per heavy atom. The smallest absolute Gasteiger partial charge is 0.334 e. The third kappa shape index (κ3) is 1.33. The third-order valence-corrected chi connectivity index (χ3v) is 6.12. The minimum absolute atomic E-state index is 0.0559. The van der Waals surface area contributed by atoms with E-state index in [9.17, 15) is 25.2 Å². The number of ether oxygens (including phenoxy) is 2. The number of carbonyl (C=O) groups is 1. The topological polar surface area (TPSA) is 120 Å². The largest absolute Gasteiger partial charge is 0.458 e. The molecule has 4 fully saturated rings. The molecule has 0 amide bonds. The summed E-state index contributed by atoms with van der Waals surface area (Å²) < 4.78 is 11.0. The van der Waals surface area contributed by atoms with Gasteiger partial charge in [0.05, 0.1) is 29.1 Å². The van der Waals surface area contributed by atoms with E-state index in [0.29, 0.717) is 0 Å². The predicted octanol–water partition coefficient (Wildman–Crippen LogP) is -1.52. The molecule has 0 aromatic rings. The summed E-state index contributed by atoms with van der Waals surface area (Å²) in [5.74, 6) is -2.20. The van der Waals surface area contributed by atoms with Crippen LogP contribution in [0, 0.1) is 11.8 Å². The zero-order valence-electron chi connectivity index (χ0n) is 12.4. The summed E-state index contributed by atoms with van der Waals surface area (Å²) in [7, 11) is 0. The lowest BCUT2D eigenvalue weighted by Crippen LogP contribution is -2.56. The van der Waals surface area contributed by atoms with E-state index >= 15 is 0 Å². The van der Waals surface area contributed by atoms with E-state index in [-0.39, 0.29) is 12.0 Å². The van der Waals surface area contributed by atoms with E-state index in [1.54, 1.807) is 0 Å². The summed E-state index contributed by atoms with van der Waals surface area (Å²) in [5.41, 5.74) is -4.19. The number of epoxide rings is 1. The fraction of sp³-hybridized carbons (Fsp3) is 0.800. The van der Waals surface area contributed by atoms with Crippen LogP contribution in [0.4, 0.5) is 0 Å². The van der Waals surface area contributed by atoms with E-state index in [4.69, 9.17) is 9.47 Å². The van der Waals surface area contributed by atoms with E-state index in [2.05, 4.69) is 6.58 Å². The highest BCUT2D eigenvalue weighted by atomic mass is 16.7. The Morgan fingerprint density at radius 2 is 1.91 bits per heavy atom. The van der Waals surface area contributed by atoms with Gasteiger partial charge >= 0.3 is 5.97 Å². The van der Waals surface area contributed by atoms with Crippen LogP contribution in [0.25, 0.3) is 0 Å². The number of hydrogen-bond donors (Lipinski definition) is 4. The van der Waals surface area contributed by atoms with Gasteiger partial charge in [-0.2, -0.15) is 0 Å². The molecule has 122 valence electrons. The van der Waals surface area contributed by atoms with Gasteiger partial charge in [-0.05, 0) is 13.8 Å². The van der Waals surface area contributed by atoms with Crippen LogP contribution in [-0.4, -0.2) is 67.6 Å². The molecule has 4 rings (SSSR count). The van der Waals surface area contributed by atoms with Crippen LogP contribution in [0.1, 0.15) is 20.3 Å². The predicted molar refractivity (Wildman–Crippen MR) is 71.5 cm³/mol. The van der Waals surface area contributed by atoms with Crippen LogP contribution in [0.3, 0.4) is 0 Å². The number of aliphatic hydroxyl groups is 4. The van der Waals surface area contributed by atoms with Crippen LogP contribution in [0.15, 0.2) is 12.2 Å². The van der Waals surface area contributed by atoms with Crippen molar-refractivity contribution < 1.29 is 34.7 Å². The van der Waals surface area contributed by atoms with Crippen molar-refractivity contribution in [3.05, 3.63) is 12.2 Å². The normalized spacial score (nSPS) is 62.8. The van der Waals surface area contributed by atoms with Crippen LogP contribution < -0.4 is 0 Å². The standard InChI is InChI=1S/C15H20O7/c1-5-7-6(16)4-13(2,19)15-9(8(7)21-12(5)18)14(3,20)10(17)11(15)22-15/h6-11,16-17,19-20H,1,4H2,2-3H3/t6-,7-,8+,9-,10+,11-,13-,14+,15+/m1/s1. The van der Waals surface area contributed by atoms with E-state index in [0.717, 1.165) is 0 Å². The number of esters is 1. The molecule has 2 heterocycles. The van der Waals surface area contributed by atoms with Crippen molar-refractivity contribution in [1.82, 2.24) is 0 Å². The first kappa shape index (κ1) is 14.6. The Labute approximate surface area is 127 Å². The molecule has 2 aliphatic carbocycles. The van der Waals surface area contributed by atoms with Gasteiger partial charge in [-0.25, -0.2) is 4.79 Å². The highest BCUT2D eigenvalue weighted by molar-refractivity contribution is 5.91. The zero-order valence-corrected chi connectivity index (χ0v) is 12.4. The van der Waals surface area contributed by atoms with Gasteiger partial charge in [-0.3, -0.25) is 0 Å². The van der Waals surface area contributed by atoms with Crippen molar-refractivity contribution in [3.8, 4) is 0 Å². The second-order valence-electron chi connectivity index (χ2n) is 7.45. The summed E-state index contributed by atoms with van der Waals surface area (Å²) in [4.78, 5) is 11.9. The van der Waals surface area contributed by atoms with Crippen molar-refractivity contribution in [2.75, 3.05) is 0 Å². The Kier molecular flexibility index (Phi) is 2.48. The lowest BCUT2D eigenvalue weighted by atomic mass is 9.73. The molecule has 2 saturated carbocycles. The van der Waals surface area contributed by atoms with E-state index in [1.165, 1.54) is 13.8 Å². The average molecular weight is 312 g/mol. The molecule has 1 spiro atoms. The lowest BCUT2D eigenvalue weighted by molar-refractivity contribution is -0.178. The van der Waals surface area contributed by atoms with Crippen molar-refractivity contribution in [1.29, 1.82) is 0 Å². The molecule has 0 aromatic carbocycles. The summed E-state index contributed by atoms with van der Waals surface area (Å²) in [6.07, 6.45) is -3.94. The van der Waals surface area contributed by atoms with Gasteiger partial charge in [-0.1, -0.05) is 6.58 Å². The first-order valence-electron chi connectivity index (χ1n) is 7.44. The minimum atomic E-state index is -1.61. The second kappa shape index (κ2) is 3.73. The molecule has 0 unspecified atom stereocenters. The van der Waals surface area contributed by atoms with Gasteiger partial charge in [-0.15, -0.1) is 0 Å². The fourth-order valence-electron chi connectivity index (χ4n) is 5.02. The summed E-state index contributed by atoms with van der Waals surface area (Å²) >= 11 is 0. The fourth-order valence-corrected chi connectivity index (χ4v) is 5.02. The van der Waals surface area contributed by atoms with E-state index in [1.807, 2.05) is 0 Å². The van der Waals surface area contributed by atoms with Gasteiger partial charge in [0.15, 0.2) is 0 Å². The molecule has 7 heteroatoms. The molecule has 0 radical (unpaired) electrons. The molecule has 22 heavy (non-hydrogen) atoms. The number of aliphatic hydroxyl groups excluding tert-OH is 2. The summed E-state index contributed by atoms with van der Waals surface area (Å²) in [6.45, 7) is 6.64. The van der Waals surface area contributed by atoms with Crippen molar-refractivity contribution in [3.63, 3.8) is 0 Å². The summed E-state index contributed by atoms with van der Waals surface area (Å²) in [5, 5.41) is 42.4. The van der Waals surface area contributed by atoms with Crippen molar-refractivity contribution >= 4 is 5.97 Å². The lowest BCUT2D eigenvalue weighted by Gasteiger charge is -2.40.